The number of aliphatic hydroxyl groups is 1. The Morgan fingerprint density at radius 1 is 1.44 bits per heavy atom. The van der Waals surface area contributed by atoms with Crippen LogP contribution in [0.15, 0.2) is 18.2 Å². The molecule has 0 amide bonds. The lowest BCUT2D eigenvalue weighted by Crippen LogP contribution is -2.07. The van der Waals surface area contributed by atoms with Crippen LogP contribution in [0.2, 0.25) is 0 Å². The third-order valence-electron chi connectivity index (χ3n) is 2.18. The number of methoxy groups -OCH3 is 1. The number of benzene rings is 1. The monoisotopic (exact) mass is 224 g/mol. The lowest BCUT2D eigenvalue weighted by molar-refractivity contribution is -0.142. The van der Waals surface area contributed by atoms with Crippen molar-refractivity contribution in [2.45, 2.75) is 20.0 Å². The van der Waals surface area contributed by atoms with Crippen LogP contribution in [-0.4, -0.2) is 24.8 Å². The van der Waals surface area contributed by atoms with E-state index in [1.165, 1.54) is 7.11 Å². The maximum atomic E-state index is 11.3. The predicted octanol–water partition coefficient (Wildman–Crippen LogP) is 1.29. The van der Waals surface area contributed by atoms with Crippen molar-refractivity contribution < 1.29 is 19.4 Å². The lowest BCUT2D eigenvalue weighted by Gasteiger charge is -2.08. The summed E-state index contributed by atoms with van der Waals surface area (Å²) in [6, 6.07) is 5.26. The van der Waals surface area contributed by atoms with Gasteiger partial charge in [0.2, 0.25) is 0 Å². The number of ether oxygens (including phenoxy) is 2. The Morgan fingerprint density at radius 3 is 2.75 bits per heavy atom. The minimum Gasteiger partial charge on any atom is -0.496 e. The van der Waals surface area contributed by atoms with Crippen LogP contribution in [0.4, 0.5) is 0 Å². The molecular formula is C12H16O4. The highest BCUT2D eigenvalue weighted by Crippen LogP contribution is 2.20. The number of hydrogen-bond donors (Lipinski definition) is 1. The number of aliphatic hydroxyl groups excluding tert-OH is 1. The highest BCUT2D eigenvalue weighted by atomic mass is 16.5. The molecule has 0 aromatic heterocycles. The number of esters is 1. The van der Waals surface area contributed by atoms with E-state index in [2.05, 4.69) is 0 Å². The zero-order valence-electron chi connectivity index (χ0n) is 9.53. The molecule has 1 aromatic carbocycles. The molecule has 0 aliphatic heterocycles. The van der Waals surface area contributed by atoms with Crippen LogP contribution in [0.1, 0.15) is 18.1 Å². The van der Waals surface area contributed by atoms with Gasteiger partial charge in [0.15, 0.2) is 0 Å². The van der Waals surface area contributed by atoms with E-state index in [1.54, 1.807) is 25.1 Å². The van der Waals surface area contributed by atoms with E-state index in [-0.39, 0.29) is 19.0 Å². The van der Waals surface area contributed by atoms with E-state index < -0.39 is 0 Å². The summed E-state index contributed by atoms with van der Waals surface area (Å²) >= 11 is 0. The second-order valence-electron chi connectivity index (χ2n) is 3.29. The Kier molecular flexibility index (Phi) is 4.79. The van der Waals surface area contributed by atoms with E-state index in [4.69, 9.17) is 14.6 Å². The lowest BCUT2D eigenvalue weighted by atomic mass is 10.1. The summed E-state index contributed by atoms with van der Waals surface area (Å²) in [5.74, 6) is 0.325. The summed E-state index contributed by atoms with van der Waals surface area (Å²) in [6.07, 6.45) is 0.218. The van der Waals surface area contributed by atoms with Gasteiger partial charge in [0, 0.05) is 5.56 Å². The van der Waals surface area contributed by atoms with E-state index >= 15 is 0 Å². The third kappa shape index (κ3) is 3.24. The highest BCUT2D eigenvalue weighted by Gasteiger charge is 2.07. The fourth-order valence-corrected chi connectivity index (χ4v) is 1.41. The Hall–Kier alpha value is -1.55. The minimum atomic E-state index is -0.263. The molecule has 0 unspecified atom stereocenters. The topological polar surface area (TPSA) is 55.8 Å². The van der Waals surface area contributed by atoms with E-state index in [0.717, 1.165) is 5.56 Å². The fraction of sp³-hybridized carbons (Fsp3) is 0.417. The van der Waals surface area contributed by atoms with Gasteiger partial charge in [-0.3, -0.25) is 4.79 Å². The van der Waals surface area contributed by atoms with Crippen LogP contribution in [0.3, 0.4) is 0 Å². The van der Waals surface area contributed by atoms with Gasteiger partial charge in [0.05, 0.1) is 26.7 Å². The van der Waals surface area contributed by atoms with Crippen molar-refractivity contribution in [3.8, 4) is 5.75 Å². The summed E-state index contributed by atoms with van der Waals surface area (Å²) in [4.78, 5) is 11.3. The smallest absolute Gasteiger partial charge is 0.310 e. The molecule has 0 aliphatic carbocycles. The fourth-order valence-electron chi connectivity index (χ4n) is 1.41. The Morgan fingerprint density at radius 2 is 2.19 bits per heavy atom. The van der Waals surface area contributed by atoms with E-state index in [1.807, 2.05) is 0 Å². The molecule has 0 heterocycles. The quantitative estimate of drug-likeness (QED) is 0.766. The van der Waals surface area contributed by atoms with Gasteiger partial charge in [-0.25, -0.2) is 0 Å². The first kappa shape index (κ1) is 12.5. The molecule has 0 aliphatic rings. The molecule has 0 saturated carbocycles. The molecular weight excluding hydrogens is 208 g/mol. The zero-order valence-corrected chi connectivity index (χ0v) is 9.53. The van der Waals surface area contributed by atoms with Crippen LogP contribution < -0.4 is 4.74 Å². The van der Waals surface area contributed by atoms with Crippen molar-refractivity contribution in [1.82, 2.24) is 0 Å². The maximum absolute atomic E-state index is 11.3. The number of carbonyl (C=O) groups is 1. The van der Waals surface area contributed by atoms with Gasteiger partial charge < -0.3 is 14.6 Å². The minimum absolute atomic E-state index is 0.0805. The Balaban J connectivity index is 2.78. The summed E-state index contributed by atoms with van der Waals surface area (Å²) in [5, 5.41) is 9.03. The van der Waals surface area contributed by atoms with Crippen molar-refractivity contribution in [3.63, 3.8) is 0 Å². The first-order chi connectivity index (χ1) is 7.71. The molecule has 16 heavy (non-hydrogen) atoms. The normalized spacial score (nSPS) is 9.94. The second-order valence-corrected chi connectivity index (χ2v) is 3.29. The summed E-state index contributed by atoms with van der Waals surface area (Å²) in [7, 11) is 1.53. The highest BCUT2D eigenvalue weighted by molar-refractivity contribution is 5.72. The summed E-state index contributed by atoms with van der Waals surface area (Å²) in [5.41, 5.74) is 1.52. The van der Waals surface area contributed by atoms with Crippen LogP contribution >= 0.6 is 0 Å². The van der Waals surface area contributed by atoms with Gasteiger partial charge in [-0.1, -0.05) is 12.1 Å². The molecule has 88 valence electrons. The second kappa shape index (κ2) is 6.12. The van der Waals surface area contributed by atoms with Crippen molar-refractivity contribution in [1.29, 1.82) is 0 Å². The summed E-state index contributed by atoms with van der Waals surface area (Å²) in [6.45, 7) is 2.07. The molecule has 0 saturated heterocycles. The van der Waals surface area contributed by atoms with Gasteiger partial charge >= 0.3 is 5.97 Å². The number of rotatable bonds is 5. The van der Waals surface area contributed by atoms with Crippen molar-refractivity contribution >= 4 is 5.97 Å². The molecule has 4 nitrogen and oxygen atoms in total. The largest absolute Gasteiger partial charge is 0.496 e. The number of carbonyl (C=O) groups excluding carboxylic acids is 1. The predicted molar refractivity (Wildman–Crippen MR) is 59.3 cm³/mol. The third-order valence-corrected chi connectivity index (χ3v) is 2.18. The molecule has 0 radical (unpaired) electrons. The van der Waals surface area contributed by atoms with E-state index in [0.29, 0.717) is 17.9 Å². The molecule has 0 atom stereocenters. The van der Waals surface area contributed by atoms with Crippen LogP contribution in [0.25, 0.3) is 0 Å². The molecule has 4 heteroatoms. The van der Waals surface area contributed by atoms with Crippen molar-refractivity contribution in [2.24, 2.45) is 0 Å². The molecule has 1 rings (SSSR count). The van der Waals surface area contributed by atoms with Gasteiger partial charge in [0.25, 0.3) is 0 Å². The maximum Gasteiger partial charge on any atom is 0.310 e. The molecule has 1 N–H and O–H groups in total. The average Bonchev–Trinajstić information content (AvgIpc) is 2.29. The molecule has 1 aromatic rings. The van der Waals surface area contributed by atoms with Crippen LogP contribution in [0, 0.1) is 0 Å². The first-order valence-electron chi connectivity index (χ1n) is 5.13. The van der Waals surface area contributed by atoms with Gasteiger partial charge in [0.1, 0.15) is 5.75 Å². The zero-order chi connectivity index (χ0) is 12.0. The van der Waals surface area contributed by atoms with Crippen LogP contribution in [0.5, 0.6) is 5.75 Å². The SMILES string of the molecule is CCOC(=O)Cc1ccc(CO)c(OC)c1. The van der Waals surface area contributed by atoms with Gasteiger partial charge in [-0.15, -0.1) is 0 Å². The van der Waals surface area contributed by atoms with Gasteiger partial charge in [-0.05, 0) is 18.6 Å². The summed E-state index contributed by atoms with van der Waals surface area (Å²) < 4.78 is 9.95. The van der Waals surface area contributed by atoms with E-state index in [9.17, 15) is 4.79 Å². The standard InChI is InChI=1S/C12H16O4/c1-3-16-12(14)7-9-4-5-10(8-13)11(6-9)15-2/h4-6,13H,3,7-8H2,1-2H3. The molecule has 0 spiro atoms. The van der Waals surface area contributed by atoms with Crippen LogP contribution in [-0.2, 0) is 22.6 Å². The molecule has 0 fully saturated rings. The average molecular weight is 224 g/mol. The van der Waals surface area contributed by atoms with Gasteiger partial charge in [-0.2, -0.15) is 0 Å². The molecule has 0 bridgehead atoms. The van der Waals surface area contributed by atoms with Crippen molar-refractivity contribution in [2.75, 3.05) is 13.7 Å². The first-order valence-corrected chi connectivity index (χ1v) is 5.13. The number of hydrogen-bond acceptors (Lipinski definition) is 4. The Labute approximate surface area is 94.8 Å². The Bertz CT molecular complexity index is 360. The van der Waals surface area contributed by atoms with Crippen molar-refractivity contribution in [3.05, 3.63) is 29.3 Å².